The Kier molecular flexibility index (Phi) is 4.77. The van der Waals surface area contributed by atoms with Crippen LogP contribution in [0.2, 0.25) is 0 Å². The molecule has 1 aliphatic heterocycles. The van der Waals surface area contributed by atoms with Crippen LogP contribution in [0.1, 0.15) is 17.4 Å². The van der Waals surface area contributed by atoms with Crippen LogP contribution in [-0.2, 0) is 16.1 Å². The van der Waals surface area contributed by atoms with Crippen LogP contribution >= 0.6 is 11.3 Å². The number of hydrogen-bond acceptors (Lipinski definition) is 4. The zero-order valence-corrected chi connectivity index (χ0v) is 12.2. The van der Waals surface area contributed by atoms with Gasteiger partial charge in [0.25, 0.3) is 0 Å². The minimum Gasteiger partial charge on any atom is -0.332 e. The SMILES string of the molecule is CCN1CC(=O)N(Cc2sccc2C#CCN)CC1=O. The van der Waals surface area contributed by atoms with E-state index in [0.29, 0.717) is 19.6 Å². The summed E-state index contributed by atoms with van der Waals surface area (Å²) in [7, 11) is 0. The summed E-state index contributed by atoms with van der Waals surface area (Å²) in [6.07, 6.45) is 0. The number of carbonyl (C=O) groups is 2. The average Bonchev–Trinajstić information content (AvgIpc) is 2.87. The van der Waals surface area contributed by atoms with Gasteiger partial charge in [0.1, 0.15) is 6.54 Å². The summed E-state index contributed by atoms with van der Waals surface area (Å²) in [6.45, 7) is 3.51. The Morgan fingerprint density at radius 2 is 2.00 bits per heavy atom. The van der Waals surface area contributed by atoms with Gasteiger partial charge in [-0.15, -0.1) is 11.3 Å². The van der Waals surface area contributed by atoms with Crippen LogP contribution in [0, 0.1) is 11.8 Å². The molecule has 0 spiro atoms. The molecule has 1 fully saturated rings. The highest BCUT2D eigenvalue weighted by Crippen LogP contribution is 2.19. The maximum Gasteiger partial charge on any atom is 0.242 e. The molecule has 20 heavy (non-hydrogen) atoms. The molecule has 1 aromatic heterocycles. The van der Waals surface area contributed by atoms with E-state index < -0.39 is 0 Å². The Labute approximate surface area is 122 Å². The van der Waals surface area contributed by atoms with Gasteiger partial charge in [-0.1, -0.05) is 11.8 Å². The van der Waals surface area contributed by atoms with Crippen LogP contribution < -0.4 is 5.73 Å². The second kappa shape index (κ2) is 6.55. The molecule has 106 valence electrons. The van der Waals surface area contributed by atoms with E-state index in [1.807, 2.05) is 18.4 Å². The maximum absolute atomic E-state index is 12.0. The summed E-state index contributed by atoms with van der Waals surface area (Å²) in [4.78, 5) is 28.1. The van der Waals surface area contributed by atoms with E-state index in [1.165, 1.54) is 0 Å². The monoisotopic (exact) mass is 291 g/mol. The van der Waals surface area contributed by atoms with Crippen molar-refractivity contribution in [3.05, 3.63) is 21.9 Å². The van der Waals surface area contributed by atoms with E-state index in [9.17, 15) is 9.59 Å². The fraction of sp³-hybridized carbons (Fsp3) is 0.429. The first-order valence-corrected chi connectivity index (χ1v) is 7.34. The average molecular weight is 291 g/mol. The molecule has 0 unspecified atom stereocenters. The highest BCUT2D eigenvalue weighted by molar-refractivity contribution is 7.10. The standard InChI is InChI=1S/C14H17N3O2S/c1-2-16-9-14(19)17(10-13(16)18)8-12-11(4-3-6-15)5-7-20-12/h5,7H,2,6,8-10,15H2,1H3. The molecule has 0 bridgehead atoms. The van der Waals surface area contributed by atoms with Crippen molar-refractivity contribution in [2.75, 3.05) is 26.2 Å². The number of nitrogens with two attached hydrogens (primary N) is 1. The molecule has 0 aromatic carbocycles. The number of piperazine rings is 1. The Balaban J connectivity index is 2.09. The van der Waals surface area contributed by atoms with Gasteiger partial charge in [0.15, 0.2) is 0 Å². The third-order valence-electron chi connectivity index (χ3n) is 3.14. The topological polar surface area (TPSA) is 66.6 Å². The van der Waals surface area contributed by atoms with E-state index in [0.717, 1.165) is 10.4 Å². The summed E-state index contributed by atoms with van der Waals surface area (Å²) in [5.74, 6) is 5.78. The molecule has 0 radical (unpaired) electrons. The van der Waals surface area contributed by atoms with Crippen molar-refractivity contribution in [1.82, 2.24) is 9.80 Å². The minimum absolute atomic E-state index is 0.00162. The van der Waals surface area contributed by atoms with Crippen molar-refractivity contribution in [2.45, 2.75) is 13.5 Å². The van der Waals surface area contributed by atoms with Crippen molar-refractivity contribution in [1.29, 1.82) is 0 Å². The Morgan fingerprint density at radius 3 is 2.70 bits per heavy atom. The lowest BCUT2D eigenvalue weighted by Crippen LogP contribution is -2.53. The number of nitrogens with zero attached hydrogens (tertiary/aromatic N) is 2. The number of likely N-dealkylation sites (N-methyl/N-ethyl adjacent to an activating group) is 1. The molecule has 2 rings (SSSR count). The van der Waals surface area contributed by atoms with Crippen molar-refractivity contribution < 1.29 is 9.59 Å². The summed E-state index contributed by atoms with van der Waals surface area (Å²) in [5.41, 5.74) is 6.25. The third kappa shape index (κ3) is 3.18. The highest BCUT2D eigenvalue weighted by Gasteiger charge is 2.29. The first kappa shape index (κ1) is 14.6. The minimum atomic E-state index is -0.0161. The molecule has 2 amide bonds. The number of hydrogen-bond donors (Lipinski definition) is 1. The van der Waals surface area contributed by atoms with E-state index >= 15 is 0 Å². The number of thiophene rings is 1. The highest BCUT2D eigenvalue weighted by atomic mass is 32.1. The molecule has 0 aliphatic carbocycles. The van der Waals surface area contributed by atoms with Crippen molar-refractivity contribution in [2.24, 2.45) is 5.73 Å². The van der Waals surface area contributed by atoms with Gasteiger partial charge in [-0.25, -0.2) is 0 Å². The molecule has 0 saturated carbocycles. The fourth-order valence-corrected chi connectivity index (χ4v) is 2.87. The van der Waals surface area contributed by atoms with E-state index in [1.54, 1.807) is 21.1 Å². The van der Waals surface area contributed by atoms with Crippen LogP contribution in [-0.4, -0.2) is 47.8 Å². The molecular formula is C14H17N3O2S. The molecule has 0 atom stereocenters. The van der Waals surface area contributed by atoms with Crippen LogP contribution in [0.4, 0.5) is 0 Å². The van der Waals surface area contributed by atoms with Crippen molar-refractivity contribution in [3.63, 3.8) is 0 Å². The molecule has 2 N–H and O–H groups in total. The molecule has 1 aromatic rings. The van der Waals surface area contributed by atoms with Gasteiger partial charge in [0, 0.05) is 17.0 Å². The number of rotatable bonds is 3. The molecule has 1 aliphatic rings. The zero-order valence-electron chi connectivity index (χ0n) is 11.4. The molecule has 1 saturated heterocycles. The number of amides is 2. The summed E-state index contributed by atoms with van der Waals surface area (Å²) in [5, 5.41) is 1.93. The van der Waals surface area contributed by atoms with Gasteiger partial charge < -0.3 is 15.5 Å². The van der Waals surface area contributed by atoms with E-state index in [4.69, 9.17) is 5.73 Å². The van der Waals surface area contributed by atoms with Gasteiger partial charge in [0.05, 0.1) is 19.6 Å². The normalized spacial score (nSPS) is 15.3. The van der Waals surface area contributed by atoms with Gasteiger partial charge >= 0.3 is 0 Å². The van der Waals surface area contributed by atoms with Crippen molar-refractivity contribution in [3.8, 4) is 11.8 Å². The van der Waals surface area contributed by atoms with Crippen LogP contribution in [0.15, 0.2) is 11.4 Å². The third-order valence-corrected chi connectivity index (χ3v) is 4.05. The quantitative estimate of drug-likeness (QED) is 0.812. The van der Waals surface area contributed by atoms with Crippen LogP contribution in [0.3, 0.4) is 0 Å². The second-order valence-corrected chi connectivity index (χ2v) is 5.42. The maximum atomic E-state index is 12.0. The van der Waals surface area contributed by atoms with Gasteiger partial charge in [-0.3, -0.25) is 9.59 Å². The first-order chi connectivity index (χ1) is 9.65. The fourth-order valence-electron chi connectivity index (χ4n) is 2.03. The first-order valence-electron chi connectivity index (χ1n) is 6.46. The second-order valence-electron chi connectivity index (χ2n) is 4.42. The largest absolute Gasteiger partial charge is 0.332 e. The lowest BCUT2D eigenvalue weighted by atomic mass is 10.2. The predicted molar refractivity (Wildman–Crippen MR) is 77.9 cm³/mol. The zero-order chi connectivity index (χ0) is 14.5. The predicted octanol–water partition coefficient (Wildman–Crippen LogP) is 0.249. The van der Waals surface area contributed by atoms with Crippen LogP contribution in [0.25, 0.3) is 0 Å². The van der Waals surface area contributed by atoms with E-state index in [2.05, 4.69) is 11.8 Å². The summed E-state index contributed by atoms with van der Waals surface area (Å²) >= 11 is 1.54. The van der Waals surface area contributed by atoms with Gasteiger partial charge in [0.2, 0.25) is 11.8 Å². The lowest BCUT2D eigenvalue weighted by molar-refractivity contribution is -0.150. The number of carbonyl (C=O) groups excluding carboxylic acids is 2. The molecule has 2 heterocycles. The smallest absolute Gasteiger partial charge is 0.242 e. The van der Waals surface area contributed by atoms with Crippen molar-refractivity contribution >= 4 is 23.2 Å². The molecule has 5 nitrogen and oxygen atoms in total. The summed E-state index contributed by atoms with van der Waals surface area (Å²) in [6, 6.07) is 1.91. The molecular weight excluding hydrogens is 274 g/mol. The summed E-state index contributed by atoms with van der Waals surface area (Å²) < 4.78 is 0. The Hall–Kier alpha value is -1.84. The Bertz CT molecular complexity index is 570. The van der Waals surface area contributed by atoms with Gasteiger partial charge in [-0.2, -0.15) is 0 Å². The molecule has 6 heteroatoms. The van der Waals surface area contributed by atoms with Crippen LogP contribution in [0.5, 0.6) is 0 Å². The lowest BCUT2D eigenvalue weighted by Gasteiger charge is -2.33. The van der Waals surface area contributed by atoms with Gasteiger partial charge in [-0.05, 0) is 18.4 Å². The van der Waals surface area contributed by atoms with E-state index in [-0.39, 0.29) is 24.9 Å². The Morgan fingerprint density at radius 1 is 1.30 bits per heavy atom.